The van der Waals surface area contributed by atoms with Gasteiger partial charge in [-0.25, -0.2) is 4.98 Å². The van der Waals surface area contributed by atoms with Crippen molar-refractivity contribution in [1.29, 1.82) is 0 Å². The Balaban J connectivity index is 2.02. The first-order valence-corrected chi connectivity index (χ1v) is 10.2. The Morgan fingerprint density at radius 2 is 2.08 bits per heavy atom. The summed E-state index contributed by atoms with van der Waals surface area (Å²) in [6.45, 7) is 7.40. The Morgan fingerprint density at radius 3 is 2.73 bits per heavy atom. The van der Waals surface area contributed by atoms with Gasteiger partial charge in [-0.3, -0.25) is 9.59 Å². The van der Waals surface area contributed by atoms with Crippen molar-refractivity contribution in [2.24, 2.45) is 5.73 Å². The molecule has 0 spiro atoms. The van der Waals surface area contributed by atoms with Crippen LogP contribution in [0.15, 0.2) is 10.4 Å². The number of ether oxygens (including phenoxy) is 1. The largest absolute Gasteiger partial charge is 0.385 e. The lowest BCUT2D eigenvalue weighted by atomic mass is 10.2. The average Bonchev–Trinajstić information content (AvgIpc) is 3.06. The molecule has 2 aromatic heterocycles. The number of rotatable bonds is 10. The molecule has 0 atom stereocenters. The number of Topliss-reactive ketones (excluding diaryl/α,β-unsaturated/α-hetero) is 1. The van der Waals surface area contributed by atoms with E-state index in [9.17, 15) is 9.59 Å². The van der Waals surface area contributed by atoms with Crippen LogP contribution in [0, 0.1) is 20.8 Å². The first-order valence-electron chi connectivity index (χ1n) is 8.39. The van der Waals surface area contributed by atoms with Crippen LogP contribution in [0.2, 0.25) is 0 Å². The molecule has 2 N–H and O–H groups in total. The Bertz CT molecular complexity index is 796. The summed E-state index contributed by atoms with van der Waals surface area (Å²) in [4.78, 5) is 29.0. The van der Waals surface area contributed by atoms with E-state index in [1.54, 1.807) is 7.11 Å². The van der Waals surface area contributed by atoms with Gasteiger partial charge in [0, 0.05) is 42.1 Å². The van der Waals surface area contributed by atoms with Crippen LogP contribution in [0.3, 0.4) is 0 Å². The molecule has 0 bridgehead atoms. The lowest BCUT2D eigenvalue weighted by Gasteiger charge is -2.09. The zero-order valence-electron chi connectivity index (χ0n) is 15.6. The van der Waals surface area contributed by atoms with Gasteiger partial charge in [0.15, 0.2) is 10.1 Å². The van der Waals surface area contributed by atoms with Crippen molar-refractivity contribution in [2.75, 3.05) is 19.5 Å². The molecule has 8 heteroatoms. The van der Waals surface area contributed by atoms with E-state index in [2.05, 4.69) is 9.55 Å². The highest BCUT2D eigenvalue weighted by Gasteiger charge is 2.17. The van der Waals surface area contributed by atoms with Crippen LogP contribution in [0.25, 0.3) is 0 Å². The van der Waals surface area contributed by atoms with Gasteiger partial charge < -0.3 is 15.0 Å². The number of hydrogen-bond acceptors (Lipinski definition) is 6. The van der Waals surface area contributed by atoms with Crippen molar-refractivity contribution in [2.45, 2.75) is 44.5 Å². The lowest BCUT2D eigenvalue weighted by molar-refractivity contribution is -0.117. The minimum Gasteiger partial charge on any atom is -0.385 e. The van der Waals surface area contributed by atoms with Gasteiger partial charge in [-0.05, 0) is 33.3 Å². The van der Waals surface area contributed by atoms with E-state index in [1.165, 1.54) is 23.1 Å². The molecule has 0 aliphatic heterocycles. The summed E-state index contributed by atoms with van der Waals surface area (Å²) in [5, 5.41) is 0. The molecule has 6 nitrogen and oxygen atoms in total. The van der Waals surface area contributed by atoms with E-state index < -0.39 is 0 Å². The molecule has 1 amide bonds. The third kappa shape index (κ3) is 5.18. The van der Waals surface area contributed by atoms with Crippen molar-refractivity contribution in [3.8, 4) is 0 Å². The van der Waals surface area contributed by atoms with Gasteiger partial charge in [0.1, 0.15) is 0 Å². The molecule has 0 saturated carbocycles. The van der Waals surface area contributed by atoms with E-state index in [0.29, 0.717) is 12.4 Å². The summed E-state index contributed by atoms with van der Waals surface area (Å²) in [7, 11) is 1.69. The van der Waals surface area contributed by atoms with Gasteiger partial charge >= 0.3 is 0 Å². The highest BCUT2D eigenvalue weighted by molar-refractivity contribution is 8.01. The van der Waals surface area contributed by atoms with Crippen molar-refractivity contribution in [1.82, 2.24) is 9.55 Å². The third-order valence-electron chi connectivity index (χ3n) is 4.14. The molecule has 2 rings (SSSR count). The number of nitrogens with zero attached hydrogens (tertiary/aromatic N) is 2. The Kier molecular flexibility index (Phi) is 7.43. The van der Waals surface area contributed by atoms with Crippen LogP contribution in [0.5, 0.6) is 0 Å². The number of carbonyl (C=O) groups excluding carboxylic acids is 2. The number of aromatic nitrogens is 2. The maximum Gasteiger partial charge on any atom is 0.222 e. The maximum atomic E-state index is 12.6. The van der Waals surface area contributed by atoms with Gasteiger partial charge in [0.25, 0.3) is 0 Å². The number of primary amides is 1. The smallest absolute Gasteiger partial charge is 0.222 e. The van der Waals surface area contributed by atoms with Crippen LogP contribution in [-0.4, -0.2) is 40.7 Å². The fraction of sp³-hybridized carbons (Fsp3) is 0.500. The number of aryl methyl sites for hydroxylation is 2. The summed E-state index contributed by atoms with van der Waals surface area (Å²) >= 11 is 2.84. The molecule has 0 aliphatic rings. The normalized spacial score (nSPS) is 11.1. The van der Waals surface area contributed by atoms with Crippen LogP contribution < -0.4 is 5.73 Å². The fourth-order valence-electron chi connectivity index (χ4n) is 2.78. The minimum absolute atomic E-state index is 0.0883. The van der Waals surface area contributed by atoms with Crippen molar-refractivity contribution in [3.63, 3.8) is 0 Å². The predicted molar refractivity (Wildman–Crippen MR) is 105 cm³/mol. The van der Waals surface area contributed by atoms with Gasteiger partial charge in [-0.1, -0.05) is 11.8 Å². The van der Waals surface area contributed by atoms with Gasteiger partial charge in [0.05, 0.1) is 17.9 Å². The second-order valence-electron chi connectivity index (χ2n) is 6.13. The highest BCUT2D eigenvalue weighted by Crippen LogP contribution is 2.28. The number of thiazole rings is 1. The van der Waals surface area contributed by atoms with Crippen LogP contribution in [-0.2, 0) is 22.5 Å². The third-order valence-corrected chi connectivity index (χ3v) is 6.44. The minimum atomic E-state index is -0.370. The number of thioether (sulfide) groups is 1. The first-order chi connectivity index (χ1) is 12.3. The van der Waals surface area contributed by atoms with E-state index >= 15 is 0 Å². The van der Waals surface area contributed by atoms with Gasteiger partial charge in [-0.15, -0.1) is 11.3 Å². The number of ketones is 1. The van der Waals surface area contributed by atoms with Gasteiger partial charge in [-0.2, -0.15) is 0 Å². The molecular formula is C18H25N3O3S2. The van der Waals surface area contributed by atoms with E-state index in [0.717, 1.165) is 44.8 Å². The summed E-state index contributed by atoms with van der Waals surface area (Å²) in [5.41, 5.74) is 8.89. The van der Waals surface area contributed by atoms with Crippen LogP contribution in [0.4, 0.5) is 0 Å². The molecule has 0 radical (unpaired) electrons. The maximum absolute atomic E-state index is 12.6. The SMILES string of the molecule is COCCCn1c(C)cc(C(=O)CSc2nc(C)c(CC(N)=O)s2)c1C. The number of nitrogens with two attached hydrogens (primary N) is 1. The van der Waals surface area contributed by atoms with E-state index in [-0.39, 0.29) is 18.1 Å². The lowest BCUT2D eigenvalue weighted by Crippen LogP contribution is -2.13. The van der Waals surface area contributed by atoms with Crippen molar-refractivity contribution in [3.05, 3.63) is 33.6 Å². The molecule has 0 aliphatic carbocycles. The second kappa shape index (κ2) is 9.34. The number of methoxy groups -OCH3 is 1. The molecule has 0 aromatic carbocycles. The Hall–Kier alpha value is -1.64. The van der Waals surface area contributed by atoms with E-state index in [1.807, 2.05) is 26.8 Å². The quantitative estimate of drug-likeness (QED) is 0.380. The molecule has 0 saturated heterocycles. The van der Waals surface area contributed by atoms with Crippen LogP contribution >= 0.6 is 23.1 Å². The van der Waals surface area contributed by atoms with Crippen molar-refractivity contribution >= 4 is 34.8 Å². The summed E-state index contributed by atoms with van der Waals surface area (Å²) in [6, 6.07) is 1.96. The topological polar surface area (TPSA) is 87.2 Å². The summed E-state index contributed by atoms with van der Waals surface area (Å²) in [6.07, 6.45) is 1.11. The summed E-state index contributed by atoms with van der Waals surface area (Å²) in [5.74, 6) is 0.0430. The standard InChI is InChI=1S/C18H25N3O3S2/c1-11-8-14(13(3)21(11)6-5-7-24-4)15(22)10-25-18-20-12(2)16(26-18)9-17(19)23/h8H,5-7,9-10H2,1-4H3,(H2,19,23). The van der Waals surface area contributed by atoms with E-state index in [4.69, 9.17) is 10.5 Å². The Labute approximate surface area is 162 Å². The number of hydrogen-bond donors (Lipinski definition) is 1. The second-order valence-corrected chi connectivity index (χ2v) is 8.43. The predicted octanol–water partition coefficient (Wildman–Crippen LogP) is 2.91. The summed E-state index contributed by atoms with van der Waals surface area (Å²) < 4.78 is 8.06. The molecule has 26 heavy (non-hydrogen) atoms. The molecule has 2 heterocycles. The average molecular weight is 396 g/mol. The molecule has 2 aromatic rings. The molecular weight excluding hydrogens is 370 g/mol. The number of amides is 1. The Morgan fingerprint density at radius 1 is 1.35 bits per heavy atom. The fourth-order valence-corrected chi connectivity index (χ4v) is 4.91. The zero-order valence-corrected chi connectivity index (χ0v) is 17.3. The zero-order chi connectivity index (χ0) is 19.3. The molecule has 142 valence electrons. The van der Waals surface area contributed by atoms with Gasteiger partial charge in [0.2, 0.25) is 5.91 Å². The number of carbonyl (C=O) groups is 2. The molecule has 0 unspecified atom stereocenters. The highest BCUT2D eigenvalue weighted by atomic mass is 32.2. The molecule has 0 fully saturated rings. The first kappa shape index (κ1) is 20.7. The van der Waals surface area contributed by atoms with Crippen molar-refractivity contribution < 1.29 is 14.3 Å². The monoisotopic (exact) mass is 395 g/mol. The van der Waals surface area contributed by atoms with Crippen LogP contribution in [0.1, 0.15) is 38.7 Å².